The van der Waals surface area contributed by atoms with Gasteiger partial charge in [-0.1, -0.05) is 0 Å². The average molecular weight is 469 g/mol. The summed E-state index contributed by atoms with van der Waals surface area (Å²) in [5.74, 6) is 2.59. The lowest BCUT2D eigenvalue weighted by atomic mass is 10.2. The van der Waals surface area contributed by atoms with Crippen LogP contribution in [0.5, 0.6) is 11.5 Å². The number of aromatic nitrogens is 4. The van der Waals surface area contributed by atoms with E-state index in [9.17, 15) is 4.79 Å². The second kappa shape index (κ2) is 9.81. The SMILES string of the molecule is CCNc1nc(N2CCN(c3nc(N)c4cc(OC)c(OC)cc4n3)CC2)ncc1C(=O)OC. The molecule has 1 aliphatic rings. The summed E-state index contributed by atoms with van der Waals surface area (Å²) in [6.45, 7) is 5.15. The van der Waals surface area contributed by atoms with Crippen molar-refractivity contribution in [3.8, 4) is 11.5 Å². The molecule has 1 aromatic carbocycles. The zero-order valence-corrected chi connectivity index (χ0v) is 19.7. The lowest BCUT2D eigenvalue weighted by molar-refractivity contribution is 0.0601. The quantitative estimate of drug-likeness (QED) is 0.486. The summed E-state index contributed by atoms with van der Waals surface area (Å²) in [5.41, 5.74) is 7.23. The van der Waals surface area contributed by atoms with Crippen molar-refractivity contribution in [1.82, 2.24) is 19.9 Å². The van der Waals surface area contributed by atoms with Gasteiger partial charge in [-0.05, 0) is 13.0 Å². The molecule has 0 unspecified atom stereocenters. The normalized spacial score (nSPS) is 13.6. The first-order valence-corrected chi connectivity index (χ1v) is 10.9. The van der Waals surface area contributed by atoms with Gasteiger partial charge >= 0.3 is 5.97 Å². The highest BCUT2D eigenvalue weighted by Crippen LogP contribution is 2.34. The standard InChI is InChI=1S/C22H28N8O4/c1-5-24-19-14(20(31)34-4)12-25-21(28-19)29-6-8-30(9-7-29)22-26-15-11-17(33-3)16(32-2)10-13(15)18(23)27-22/h10-12H,5-9H2,1-4H3,(H2,23,26,27)(H,24,25,28). The summed E-state index contributed by atoms with van der Waals surface area (Å²) < 4.78 is 15.6. The molecule has 12 nitrogen and oxygen atoms in total. The van der Waals surface area contributed by atoms with E-state index in [0.29, 0.717) is 84.2 Å². The third kappa shape index (κ3) is 4.38. The Morgan fingerprint density at radius 3 is 2.26 bits per heavy atom. The number of nitrogen functional groups attached to an aromatic ring is 1. The van der Waals surface area contributed by atoms with Crippen molar-refractivity contribution in [1.29, 1.82) is 0 Å². The van der Waals surface area contributed by atoms with E-state index in [2.05, 4.69) is 30.1 Å². The first-order chi connectivity index (χ1) is 16.5. The zero-order valence-electron chi connectivity index (χ0n) is 19.7. The van der Waals surface area contributed by atoms with E-state index >= 15 is 0 Å². The molecule has 3 heterocycles. The Labute approximate surface area is 197 Å². The van der Waals surface area contributed by atoms with E-state index in [0.717, 1.165) is 0 Å². The van der Waals surface area contributed by atoms with E-state index in [1.807, 2.05) is 6.92 Å². The first kappa shape index (κ1) is 23.1. The van der Waals surface area contributed by atoms with E-state index in [4.69, 9.17) is 24.9 Å². The first-order valence-electron chi connectivity index (χ1n) is 10.9. The van der Waals surface area contributed by atoms with Gasteiger partial charge in [0.1, 0.15) is 17.2 Å². The predicted molar refractivity (Wildman–Crippen MR) is 129 cm³/mol. The van der Waals surface area contributed by atoms with E-state index in [1.54, 1.807) is 26.4 Å². The molecule has 34 heavy (non-hydrogen) atoms. The molecule has 12 heteroatoms. The number of nitrogens with zero attached hydrogens (tertiary/aromatic N) is 6. The molecule has 3 N–H and O–H groups in total. The van der Waals surface area contributed by atoms with Crippen LogP contribution in [0.1, 0.15) is 17.3 Å². The predicted octanol–water partition coefficient (Wildman–Crippen LogP) is 1.56. The van der Waals surface area contributed by atoms with Gasteiger partial charge in [0.15, 0.2) is 11.5 Å². The second-order valence-electron chi connectivity index (χ2n) is 7.56. The lowest BCUT2D eigenvalue weighted by Crippen LogP contribution is -2.47. The third-order valence-electron chi connectivity index (χ3n) is 5.59. The van der Waals surface area contributed by atoms with Gasteiger partial charge in [-0.2, -0.15) is 9.97 Å². The second-order valence-corrected chi connectivity index (χ2v) is 7.56. The number of rotatable bonds is 7. The molecule has 0 bridgehead atoms. The van der Waals surface area contributed by atoms with Gasteiger partial charge in [0.05, 0.1) is 26.8 Å². The van der Waals surface area contributed by atoms with E-state index < -0.39 is 5.97 Å². The smallest absolute Gasteiger partial charge is 0.343 e. The molecule has 0 radical (unpaired) electrons. The lowest BCUT2D eigenvalue weighted by Gasteiger charge is -2.35. The molecule has 1 fully saturated rings. The summed E-state index contributed by atoms with van der Waals surface area (Å²) in [6, 6.07) is 3.58. The number of hydrogen-bond acceptors (Lipinski definition) is 12. The molecule has 0 atom stereocenters. The summed E-state index contributed by atoms with van der Waals surface area (Å²) >= 11 is 0. The van der Waals surface area contributed by atoms with Crippen LogP contribution in [-0.4, -0.2) is 80.0 Å². The fraction of sp³-hybridized carbons (Fsp3) is 0.409. The minimum absolute atomic E-state index is 0.304. The highest BCUT2D eigenvalue weighted by Gasteiger charge is 2.24. The van der Waals surface area contributed by atoms with Gasteiger partial charge < -0.3 is 35.1 Å². The Morgan fingerprint density at radius 2 is 1.65 bits per heavy atom. The van der Waals surface area contributed by atoms with E-state index in [-0.39, 0.29) is 0 Å². The Morgan fingerprint density at radius 1 is 1.00 bits per heavy atom. The average Bonchev–Trinajstić information content (AvgIpc) is 2.87. The van der Waals surface area contributed by atoms with Gasteiger partial charge in [-0.25, -0.2) is 14.8 Å². The number of carbonyl (C=O) groups excluding carboxylic acids is 1. The van der Waals surface area contributed by atoms with Crippen LogP contribution in [0.25, 0.3) is 10.9 Å². The van der Waals surface area contributed by atoms with Crippen LogP contribution in [0, 0.1) is 0 Å². The molecule has 0 saturated carbocycles. The summed E-state index contributed by atoms with van der Waals surface area (Å²) in [5, 5.41) is 3.81. The number of methoxy groups -OCH3 is 3. The maximum absolute atomic E-state index is 12.0. The van der Waals surface area contributed by atoms with Gasteiger partial charge in [0, 0.05) is 50.4 Å². The van der Waals surface area contributed by atoms with Crippen molar-refractivity contribution < 1.29 is 19.0 Å². The summed E-state index contributed by atoms with van der Waals surface area (Å²) in [4.78, 5) is 34.3. The third-order valence-corrected chi connectivity index (χ3v) is 5.59. The topological polar surface area (TPSA) is 141 Å². The van der Waals surface area contributed by atoms with Gasteiger partial charge in [-0.15, -0.1) is 0 Å². The maximum Gasteiger partial charge on any atom is 0.343 e. The largest absolute Gasteiger partial charge is 0.493 e. The van der Waals surface area contributed by atoms with Crippen molar-refractivity contribution in [2.45, 2.75) is 6.92 Å². The van der Waals surface area contributed by atoms with Gasteiger partial charge in [0.25, 0.3) is 0 Å². The maximum atomic E-state index is 12.0. The number of piperazine rings is 1. The van der Waals surface area contributed by atoms with Crippen LogP contribution >= 0.6 is 0 Å². The van der Waals surface area contributed by atoms with Gasteiger partial charge in [-0.3, -0.25) is 0 Å². The Hall–Kier alpha value is -4.09. The van der Waals surface area contributed by atoms with E-state index in [1.165, 1.54) is 13.3 Å². The number of nitrogens with one attached hydrogen (secondary N) is 1. The van der Waals surface area contributed by atoms with Crippen LogP contribution in [-0.2, 0) is 4.74 Å². The monoisotopic (exact) mass is 468 g/mol. The number of anilines is 4. The molecule has 1 saturated heterocycles. The molecular formula is C22H28N8O4. The number of benzene rings is 1. The van der Waals surface area contributed by atoms with Crippen LogP contribution < -0.4 is 30.3 Å². The Kier molecular flexibility index (Phi) is 6.66. The minimum Gasteiger partial charge on any atom is -0.493 e. The number of carbonyl (C=O) groups is 1. The van der Waals surface area contributed by atoms with Crippen LogP contribution in [0.4, 0.5) is 23.5 Å². The van der Waals surface area contributed by atoms with Crippen molar-refractivity contribution in [3.05, 3.63) is 23.9 Å². The van der Waals surface area contributed by atoms with Crippen LogP contribution in [0.3, 0.4) is 0 Å². The van der Waals surface area contributed by atoms with Crippen molar-refractivity contribution >= 4 is 40.4 Å². The summed E-state index contributed by atoms with van der Waals surface area (Å²) in [6.07, 6.45) is 1.49. The van der Waals surface area contributed by atoms with Crippen molar-refractivity contribution in [3.63, 3.8) is 0 Å². The molecule has 3 aromatic rings. The number of nitrogens with two attached hydrogens (primary N) is 1. The molecule has 180 valence electrons. The number of ether oxygens (including phenoxy) is 3. The van der Waals surface area contributed by atoms with Crippen LogP contribution in [0.15, 0.2) is 18.3 Å². The Balaban J connectivity index is 1.53. The Bertz CT molecular complexity index is 1200. The molecule has 2 aromatic heterocycles. The molecule has 4 rings (SSSR count). The summed E-state index contributed by atoms with van der Waals surface area (Å²) in [7, 11) is 4.48. The molecular weight excluding hydrogens is 440 g/mol. The molecule has 1 aliphatic heterocycles. The highest BCUT2D eigenvalue weighted by atomic mass is 16.5. The van der Waals surface area contributed by atoms with Crippen LogP contribution in [0.2, 0.25) is 0 Å². The molecule has 0 amide bonds. The van der Waals surface area contributed by atoms with Crippen molar-refractivity contribution in [2.24, 2.45) is 0 Å². The van der Waals surface area contributed by atoms with Gasteiger partial charge in [0.2, 0.25) is 11.9 Å². The molecule has 0 aliphatic carbocycles. The fourth-order valence-electron chi connectivity index (χ4n) is 3.80. The number of hydrogen-bond donors (Lipinski definition) is 2. The highest BCUT2D eigenvalue weighted by molar-refractivity contribution is 5.94. The number of fused-ring (bicyclic) bond motifs is 1. The molecule has 0 spiro atoms. The zero-order chi connectivity index (χ0) is 24.2. The fourth-order valence-corrected chi connectivity index (χ4v) is 3.80. The minimum atomic E-state index is -0.479. The van der Waals surface area contributed by atoms with Crippen molar-refractivity contribution in [2.75, 3.05) is 74.9 Å². The number of esters is 1.